The van der Waals surface area contributed by atoms with Crippen LogP contribution in [0, 0.1) is 11.3 Å². The number of ether oxygens (including phenoxy) is 1. The van der Waals surface area contributed by atoms with E-state index in [1.54, 1.807) is 24.3 Å². The SMILES string of the molecule is CCCCOc1ccc(C(=O)C(C#N)c2cccs2)cc1. The van der Waals surface area contributed by atoms with Crippen LogP contribution in [0.5, 0.6) is 5.75 Å². The number of nitrogens with zero attached hydrogens (tertiary/aromatic N) is 1. The number of unbranched alkanes of at least 4 members (excludes halogenated alkanes) is 1. The highest BCUT2D eigenvalue weighted by Crippen LogP contribution is 2.25. The molecule has 0 aliphatic carbocycles. The first-order chi connectivity index (χ1) is 10.3. The van der Waals surface area contributed by atoms with Crippen molar-refractivity contribution < 1.29 is 9.53 Å². The van der Waals surface area contributed by atoms with Crippen molar-refractivity contribution >= 4 is 17.1 Å². The maximum absolute atomic E-state index is 12.4. The molecule has 0 amide bonds. The van der Waals surface area contributed by atoms with Gasteiger partial charge in [-0.3, -0.25) is 4.79 Å². The van der Waals surface area contributed by atoms with Crippen molar-refractivity contribution in [3.63, 3.8) is 0 Å². The van der Waals surface area contributed by atoms with E-state index in [1.807, 2.05) is 17.5 Å². The number of rotatable bonds is 7. The number of carbonyl (C=O) groups excluding carboxylic acids is 1. The fourth-order valence-electron chi connectivity index (χ4n) is 1.92. The maximum atomic E-state index is 12.4. The predicted molar refractivity (Wildman–Crippen MR) is 83.8 cm³/mol. The first-order valence-corrected chi connectivity index (χ1v) is 7.84. The summed E-state index contributed by atoms with van der Waals surface area (Å²) in [5.74, 6) is -0.137. The molecule has 0 saturated heterocycles. The molecule has 0 aliphatic heterocycles. The minimum atomic E-state index is -0.725. The Morgan fingerprint density at radius 2 is 2.10 bits per heavy atom. The summed E-state index contributed by atoms with van der Waals surface area (Å²) in [5, 5.41) is 11.1. The predicted octanol–water partition coefficient (Wildman–Crippen LogP) is 4.42. The van der Waals surface area contributed by atoms with E-state index in [2.05, 4.69) is 13.0 Å². The molecule has 1 atom stereocenters. The van der Waals surface area contributed by atoms with Crippen LogP contribution in [0.1, 0.15) is 40.9 Å². The molecule has 0 saturated carbocycles. The van der Waals surface area contributed by atoms with Gasteiger partial charge in [-0.15, -0.1) is 11.3 Å². The van der Waals surface area contributed by atoms with E-state index >= 15 is 0 Å². The average molecular weight is 299 g/mol. The van der Waals surface area contributed by atoms with Crippen molar-refractivity contribution in [2.75, 3.05) is 6.61 Å². The Balaban J connectivity index is 2.07. The summed E-state index contributed by atoms with van der Waals surface area (Å²) in [6.45, 7) is 2.79. The number of hydrogen-bond acceptors (Lipinski definition) is 4. The van der Waals surface area contributed by atoms with Gasteiger partial charge in [-0.2, -0.15) is 5.26 Å². The van der Waals surface area contributed by atoms with E-state index in [4.69, 9.17) is 4.74 Å². The van der Waals surface area contributed by atoms with Crippen LogP contribution in [0.15, 0.2) is 41.8 Å². The molecule has 1 aromatic carbocycles. The van der Waals surface area contributed by atoms with Crippen LogP contribution in [-0.4, -0.2) is 12.4 Å². The van der Waals surface area contributed by atoms with E-state index in [-0.39, 0.29) is 5.78 Å². The number of nitriles is 1. The third-order valence-corrected chi connectivity index (χ3v) is 4.06. The Hall–Kier alpha value is -2.12. The molecule has 21 heavy (non-hydrogen) atoms. The molecule has 2 rings (SSSR count). The molecule has 1 unspecified atom stereocenters. The molecular formula is C17H17NO2S. The Kier molecular flexibility index (Phi) is 5.53. The van der Waals surface area contributed by atoms with Gasteiger partial charge in [-0.25, -0.2) is 0 Å². The van der Waals surface area contributed by atoms with Gasteiger partial charge in [0.15, 0.2) is 5.78 Å². The first kappa shape index (κ1) is 15.3. The number of ketones is 1. The zero-order chi connectivity index (χ0) is 15.1. The van der Waals surface area contributed by atoms with Crippen LogP contribution in [0.4, 0.5) is 0 Å². The van der Waals surface area contributed by atoms with Gasteiger partial charge in [0, 0.05) is 10.4 Å². The van der Waals surface area contributed by atoms with Crippen molar-refractivity contribution in [3.05, 3.63) is 52.2 Å². The lowest BCUT2D eigenvalue weighted by atomic mass is 9.97. The second-order valence-corrected chi connectivity index (χ2v) is 5.65. The third kappa shape index (κ3) is 3.93. The van der Waals surface area contributed by atoms with E-state index in [9.17, 15) is 10.1 Å². The number of thiophene rings is 1. The monoisotopic (exact) mass is 299 g/mol. The minimum absolute atomic E-state index is 0.167. The van der Waals surface area contributed by atoms with Crippen molar-refractivity contribution in [2.45, 2.75) is 25.7 Å². The van der Waals surface area contributed by atoms with Gasteiger partial charge in [0.2, 0.25) is 0 Å². The lowest BCUT2D eigenvalue weighted by molar-refractivity contribution is 0.0980. The van der Waals surface area contributed by atoms with Crippen molar-refractivity contribution in [3.8, 4) is 11.8 Å². The second-order valence-electron chi connectivity index (χ2n) is 4.67. The normalized spacial score (nSPS) is 11.6. The van der Waals surface area contributed by atoms with Crippen LogP contribution in [0.25, 0.3) is 0 Å². The zero-order valence-electron chi connectivity index (χ0n) is 11.9. The number of benzene rings is 1. The highest BCUT2D eigenvalue weighted by Gasteiger charge is 2.22. The Morgan fingerprint density at radius 1 is 1.33 bits per heavy atom. The van der Waals surface area contributed by atoms with E-state index < -0.39 is 5.92 Å². The molecule has 0 aliphatic rings. The fourth-order valence-corrected chi connectivity index (χ4v) is 2.69. The number of Topliss-reactive ketones (excluding diaryl/α,β-unsaturated/α-hetero) is 1. The Labute approximate surface area is 128 Å². The molecule has 4 heteroatoms. The molecule has 108 valence electrons. The van der Waals surface area contributed by atoms with Crippen molar-refractivity contribution in [1.82, 2.24) is 0 Å². The summed E-state index contributed by atoms with van der Waals surface area (Å²) >= 11 is 1.43. The largest absolute Gasteiger partial charge is 0.494 e. The van der Waals surface area contributed by atoms with Gasteiger partial charge in [-0.05, 0) is 42.1 Å². The van der Waals surface area contributed by atoms with Gasteiger partial charge < -0.3 is 4.74 Å². The molecule has 0 bridgehead atoms. The zero-order valence-corrected chi connectivity index (χ0v) is 12.7. The molecule has 0 fully saturated rings. The lowest BCUT2D eigenvalue weighted by Crippen LogP contribution is -2.10. The topological polar surface area (TPSA) is 50.1 Å². The molecule has 2 aromatic rings. The summed E-state index contributed by atoms with van der Waals surface area (Å²) in [7, 11) is 0. The summed E-state index contributed by atoms with van der Waals surface area (Å²) in [6.07, 6.45) is 2.09. The summed E-state index contributed by atoms with van der Waals surface area (Å²) in [6, 6.07) is 12.8. The van der Waals surface area contributed by atoms with Gasteiger partial charge in [-0.1, -0.05) is 19.4 Å². The summed E-state index contributed by atoms with van der Waals surface area (Å²) < 4.78 is 5.57. The molecule has 1 heterocycles. The Morgan fingerprint density at radius 3 is 2.67 bits per heavy atom. The summed E-state index contributed by atoms with van der Waals surface area (Å²) in [5.41, 5.74) is 0.540. The number of hydrogen-bond donors (Lipinski definition) is 0. The standard InChI is InChI=1S/C17H17NO2S/c1-2-3-10-20-14-8-6-13(7-9-14)17(19)15(12-18)16-5-4-11-21-16/h4-9,11,15H,2-3,10H2,1H3. The van der Waals surface area contributed by atoms with Gasteiger partial charge in [0.25, 0.3) is 0 Å². The van der Waals surface area contributed by atoms with Crippen molar-refractivity contribution in [2.24, 2.45) is 0 Å². The van der Waals surface area contributed by atoms with Crippen LogP contribution in [0.3, 0.4) is 0 Å². The van der Waals surface area contributed by atoms with E-state index in [1.165, 1.54) is 11.3 Å². The van der Waals surface area contributed by atoms with Crippen LogP contribution >= 0.6 is 11.3 Å². The minimum Gasteiger partial charge on any atom is -0.494 e. The second kappa shape index (κ2) is 7.61. The van der Waals surface area contributed by atoms with Crippen LogP contribution < -0.4 is 4.74 Å². The third-order valence-electron chi connectivity index (χ3n) is 3.12. The fraction of sp³-hybridized carbons (Fsp3) is 0.294. The lowest BCUT2D eigenvalue weighted by Gasteiger charge is -2.08. The average Bonchev–Trinajstić information content (AvgIpc) is 3.03. The molecule has 0 N–H and O–H groups in total. The number of carbonyl (C=O) groups is 1. The van der Waals surface area contributed by atoms with Gasteiger partial charge >= 0.3 is 0 Å². The summed E-state index contributed by atoms with van der Waals surface area (Å²) in [4.78, 5) is 13.2. The quantitative estimate of drug-likeness (QED) is 0.562. The van der Waals surface area contributed by atoms with E-state index in [0.717, 1.165) is 23.5 Å². The van der Waals surface area contributed by atoms with Gasteiger partial charge in [0.05, 0.1) is 12.7 Å². The highest BCUT2D eigenvalue weighted by molar-refractivity contribution is 7.10. The molecule has 0 radical (unpaired) electrons. The first-order valence-electron chi connectivity index (χ1n) is 6.96. The molecule has 1 aromatic heterocycles. The maximum Gasteiger partial charge on any atom is 0.185 e. The van der Waals surface area contributed by atoms with Gasteiger partial charge in [0.1, 0.15) is 11.7 Å². The van der Waals surface area contributed by atoms with Crippen LogP contribution in [-0.2, 0) is 0 Å². The molecule has 3 nitrogen and oxygen atoms in total. The smallest absolute Gasteiger partial charge is 0.185 e. The highest BCUT2D eigenvalue weighted by atomic mass is 32.1. The van der Waals surface area contributed by atoms with Crippen LogP contribution in [0.2, 0.25) is 0 Å². The van der Waals surface area contributed by atoms with Crippen molar-refractivity contribution in [1.29, 1.82) is 5.26 Å². The Bertz CT molecular complexity index is 611. The molecular weight excluding hydrogens is 282 g/mol. The van der Waals surface area contributed by atoms with E-state index in [0.29, 0.717) is 12.2 Å². The molecule has 0 spiro atoms.